The van der Waals surface area contributed by atoms with Gasteiger partial charge in [-0.05, 0) is 0 Å². The molecule has 1 atom stereocenters. The molecule has 0 bridgehead atoms. The van der Waals surface area contributed by atoms with Gasteiger partial charge in [-0.25, -0.2) is 0 Å². The Hall–Kier alpha value is -0.570. The van der Waals surface area contributed by atoms with Crippen LogP contribution >= 0.6 is 0 Å². The summed E-state index contributed by atoms with van der Waals surface area (Å²) in [5, 5.41) is 0. The third-order valence-corrected chi connectivity index (χ3v) is 1.34. The quantitative estimate of drug-likeness (QED) is 0.501. The molecule has 0 radical (unpaired) electrons. The molecule has 52 valence electrons. The van der Waals surface area contributed by atoms with Crippen molar-refractivity contribution in [1.29, 1.82) is 0 Å². The fourth-order valence-corrected chi connectivity index (χ4v) is 0.907. The molecule has 1 aliphatic heterocycles. The molecule has 0 spiro atoms. The zero-order valence-electron chi connectivity index (χ0n) is 5.42. The number of carbonyl (C=O) groups is 1. The molecule has 0 amide bonds. The predicted molar refractivity (Wildman–Crippen MR) is 30.9 cm³/mol. The second-order valence-electron chi connectivity index (χ2n) is 2.21. The van der Waals surface area contributed by atoms with Crippen molar-refractivity contribution in [3.05, 3.63) is 0 Å². The lowest BCUT2D eigenvalue weighted by molar-refractivity contribution is -0.137. The third kappa shape index (κ3) is 1.68. The number of hydrogen-bond donors (Lipinski definition) is 0. The van der Waals surface area contributed by atoms with E-state index in [0.29, 0.717) is 25.6 Å². The molecule has 0 aromatic rings. The molecule has 0 saturated carbocycles. The summed E-state index contributed by atoms with van der Waals surface area (Å²) in [6.07, 6.45) is 0.522. The Labute approximate surface area is 53.9 Å². The molecule has 0 N–H and O–H groups in total. The summed E-state index contributed by atoms with van der Waals surface area (Å²) in [6, 6.07) is 0. The van der Waals surface area contributed by atoms with Crippen molar-refractivity contribution >= 4 is 5.97 Å². The molecule has 1 rings (SSSR count). The number of ether oxygens (including phenoxy) is 2. The van der Waals surface area contributed by atoms with Crippen LogP contribution in [0.5, 0.6) is 0 Å². The molecule has 3 heteroatoms. The average Bonchev–Trinajstić information content (AvgIpc) is 2.17. The van der Waals surface area contributed by atoms with Crippen LogP contribution in [0.15, 0.2) is 0 Å². The molecule has 0 aromatic carbocycles. The summed E-state index contributed by atoms with van der Waals surface area (Å²) in [6.45, 7) is 1.17. The summed E-state index contributed by atoms with van der Waals surface area (Å²) in [5.41, 5.74) is 0. The lowest BCUT2D eigenvalue weighted by Gasteiger charge is -2.00. The van der Waals surface area contributed by atoms with Crippen LogP contribution in [0.2, 0.25) is 0 Å². The van der Waals surface area contributed by atoms with E-state index in [0.717, 1.165) is 0 Å². The minimum atomic E-state index is -0.1000. The van der Waals surface area contributed by atoms with Gasteiger partial charge in [0.05, 0.1) is 19.6 Å². The minimum Gasteiger partial charge on any atom is -0.465 e. The van der Waals surface area contributed by atoms with Gasteiger partial charge in [0.15, 0.2) is 0 Å². The number of carbonyl (C=O) groups excluding carboxylic acids is 1. The van der Waals surface area contributed by atoms with Gasteiger partial charge in [0.2, 0.25) is 0 Å². The Morgan fingerprint density at radius 1 is 1.89 bits per heavy atom. The van der Waals surface area contributed by atoms with Gasteiger partial charge >= 0.3 is 5.97 Å². The van der Waals surface area contributed by atoms with E-state index in [4.69, 9.17) is 9.47 Å². The van der Waals surface area contributed by atoms with Crippen molar-refractivity contribution in [3.63, 3.8) is 0 Å². The van der Waals surface area contributed by atoms with E-state index in [2.05, 4.69) is 0 Å². The van der Waals surface area contributed by atoms with Crippen molar-refractivity contribution in [3.8, 4) is 0 Å². The average molecular weight is 130 g/mol. The lowest BCUT2D eigenvalue weighted by Crippen LogP contribution is -2.06. The van der Waals surface area contributed by atoms with Crippen molar-refractivity contribution < 1.29 is 14.3 Å². The maximum absolute atomic E-state index is 10.5. The zero-order chi connectivity index (χ0) is 6.69. The van der Waals surface area contributed by atoms with E-state index >= 15 is 0 Å². The standard InChI is InChI=1S/C6H10O3/c1-8-3-5-2-6(7)9-4-5/h5H,2-4H2,1H3/t5-/m0/s1. The molecule has 1 saturated heterocycles. The second kappa shape index (κ2) is 2.82. The Balaban J connectivity index is 2.22. The highest BCUT2D eigenvalue weighted by atomic mass is 16.5. The van der Waals surface area contributed by atoms with Gasteiger partial charge in [-0.1, -0.05) is 0 Å². The third-order valence-electron chi connectivity index (χ3n) is 1.34. The van der Waals surface area contributed by atoms with E-state index in [1.54, 1.807) is 7.11 Å². The first-order valence-corrected chi connectivity index (χ1v) is 2.97. The molecule has 0 aliphatic carbocycles. The Morgan fingerprint density at radius 3 is 3.11 bits per heavy atom. The van der Waals surface area contributed by atoms with Crippen LogP contribution in [-0.4, -0.2) is 26.3 Å². The monoisotopic (exact) mass is 130 g/mol. The fraction of sp³-hybridized carbons (Fsp3) is 0.833. The highest BCUT2D eigenvalue weighted by Gasteiger charge is 2.22. The topological polar surface area (TPSA) is 35.5 Å². The minimum absolute atomic E-state index is 0.1000. The number of methoxy groups -OCH3 is 1. The summed E-state index contributed by atoms with van der Waals surface area (Å²) in [5.74, 6) is 0.194. The first kappa shape index (κ1) is 6.55. The molecular formula is C6H10O3. The van der Waals surface area contributed by atoms with Crippen molar-refractivity contribution in [2.75, 3.05) is 20.3 Å². The number of hydrogen-bond acceptors (Lipinski definition) is 3. The van der Waals surface area contributed by atoms with Gasteiger partial charge in [0, 0.05) is 13.0 Å². The number of rotatable bonds is 2. The Kier molecular flexibility index (Phi) is 2.05. The van der Waals surface area contributed by atoms with Gasteiger partial charge in [0.1, 0.15) is 0 Å². The first-order valence-electron chi connectivity index (χ1n) is 2.97. The van der Waals surface area contributed by atoms with Crippen LogP contribution in [0.1, 0.15) is 6.42 Å². The van der Waals surface area contributed by atoms with Crippen LogP contribution in [0, 0.1) is 5.92 Å². The number of esters is 1. The summed E-state index contributed by atoms with van der Waals surface area (Å²) >= 11 is 0. The maximum atomic E-state index is 10.5. The van der Waals surface area contributed by atoms with Gasteiger partial charge in [-0.3, -0.25) is 4.79 Å². The summed E-state index contributed by atoms with van der Waals surface area (Å²) in [7, 11) is 1.63. The van der Waals surface area contributed by atoms with Gasteiger partial charge < -0.3 is 9.47 Å². The Bertz CT molecular complexity index is 111. The normalized spacial score (nSPS) is 26.3. The van der Waals surface area contributed by atoms with Crippen LogP contribution in [0.3, 0.4) is 0 Å². The van der Waals surface area contributed by atoms with Crippen molar-refractivity contribution in [2.24, 2.45) is 5.92 Å². The molecule has 3 nitrogen and oxygen atoms in total. The van der Waals surface area contributed by atoms with E-state index < -0.39 is 0 Å². The predicted octanol–water partition coefficient (Wildman–Crippen LogP) is 0.196. The Morgan fingerprint density at radius 2 is 2.67 bits per heavy atom. The van der Waals surface area contributed by atoms with Crippen LogP contribution in [0.4, 0.5) is 0 Å². The zero-order valence-corrected chi connectivity index (χ0v) is 5.42. The number of cyclic esters (lactones) is 1. The molecule has 0 unspecified atom stereocenters. The van der Waals surface area contributed by atoms with E-state index in [-0.39, 0.29) is 5.97 Å². The lowest BCUT2D eigenvalue weighted by atomic mass is 10.1. The molecule has 1 fully saturated rings. The molecule has 1 aliphatic rings. The largest absolute Gasteiger partial charge is 0.465 e. The van der Waals surface area contributed by atoms with E-state index in [1.165, 1.54) is 0 Å². The molecular weight excluding hydrogens is 120 g/mol. The van der Waals surface area contributed by atoms with Crippen molar-refractivity contribution in [2.45, 2.75) is 6.42 Å². The van der Waals surface area contributed by atoms with E-state index in [9.17, 15) is 4.79 Å². The van der Waals surface area contributed by atoms with E-state index in [1.807, 2.05) is 0 Å². The summed E-state index contributed by atoms with van der Waals surface area (Å²) < 4.78 is 9.54. The van der Waals surface area contributed by atoms with Crippen molar-refractivity contribution in [1.82, 2.24) is 0 Å². The SMILES string of the molecule is COC[C@H]1COC(=O)C1. The molecule has 0 aromatic heterocycles. The van der Waals surface area contributed by atoms with Gasteiger partial charge in [0.25, 0.3) is 0 Å². The second-order valence-corrected chi connectivity index (χ2v) is 2.21. The highest BCUT2D eigenvalue weighted by molar-refractivity contribution is 5.71. The van der Waals surface area contributed by atoms with Crippen LogP contribution < -0.4 is 0 Å². The maximum Gasteiger partial charge on any atom is 0.306 e. The smallest absolute Gasteiger partial charge is 0.306 e. The highest BCUT2D eigenvalue weighted by Crippen LogP contribution is 2.12. The summed E-state index contributed by atoms with van der Waals surface area (Å²) in [4.78, 5) is 10.5. The van der Waals surface area contributed by atoms with Gasteiger partial charge in [-0.2, -0.15) is 0 Å². The first-order chi connectivity index (χ1) is 4.33. The fourth-order valence-electron chi connectivity index (χ4n) is 0.907. The molecule has 1 heterocycles. The molecule has 9 heavy (non-hydrogen) atoms. The van der Waals surface area contributed by atoms with Crippen LogP contribution in [-0.2, 0) is 14.3 Å². The van der Waals surface area contributed by atoms with Gasteiger partial charge in [-0.15, -0.1) is 0 Å². The van der Waals surface area contributed by atoms with Crippen LogP contribution in [0.25, 0.3) is 0 Å².